The van der Waals surface area contributed by atoms with Gasteiger partial charge in [-0.3, -0.25) is 4.79 Å². The highest BCUT2D eigenvalue weighted by Gasteiger charge is 2.30. The molecule has 0 unspecified atom stereocenters. The number of nitrogens with one attached hydrogen (secondary N) is 4. The first kappa shape index (κ1) is 37.5. The first-order chi connectivity index (χ1) is 21.3. The lowest BCUT2D eigenvalue weighted by molar-refractivity contribution is -0.125. The number of amides is 3. The zero-order valence-corrected chi connectivity index (χ0v) is 26.9. The van der Waals surface area contributed by atoms with Gasteiger partial charge in [0.15, 0.2) is 0 Å². The second-order valence-corrected chi connectivity index (χ2v) is 12.3. The second kappa shape index (κ2) is 18.9. The molecule has 0 radical (unpaired) electrons. The van der Waals surface area contributed by atoms with Gasteiger partial charge >= 0.3 is 12.2 Å². The van der Waals surface area contributed by atoms with Crippen LogP contribution in [-0.4, -0.2) is 95.7 Å². The van der Waals surface area contributed by atoms with Crippen LogP contribution in [0.5, 0.6) is 0 Å². The molecule has 0 fully saturated rings. The monoisotopic (exact) mass is 630 g/mol. The third-order valence-corrected chi connectivity index (χ3v) is 6.81. The van der Waals surface area contributed by atoms with Crippen molar-refractivity contribution in [3.8, 4) is 0 Å². The third kappa shape index (κ3) is 14.7. The Morgan fingerprint density at radius 2 is 1.24 bits per heavy atom. The van der Waals surface area contributed by atoms with Crippen LogP contribution in [0.25, 0.3) is 0 Å². The van der Waals surface area contributed by atoms with Crippen LogP contribution in [0.15, 0.2) is 60.7 Å². The molecule has 0 aromatic heterocycles. The first-order valence-electron chi connectivity index (χ1n) is 15.3. The topological polar surface area (TPSA) is 178 Å². The van der Waals surface area contributed by atoms with Crippen molar-refractivity contribution < 1.29 is 39.2 Å². The van der Waals surface area contributed by atoms with Crippen LogP contribution in [-0.2, 0) is 27.1 Å². The minimum Gasteiger partial charge on any atom is -0.447 e. The number of hydrogen-bond donors (Lipinski definition) is 7. The molecule has 5 atom stereocenters. The summed E-state index contributed by atoms with van der Waals surface area (Å²) in [5.74, 6) is -0.802. The maximum absolute atomic E-state index is 13.3. The molecule has 12 nitrogen and oxygen atoms in total. The van der Waals surface area contributed by atoms with E-state index in [1.807, 2.05) is 60.7 Å². The predicted molar refractivity (Wildman–Crippen MR) is 170 cm³/mol. The molecule has 0 saturated carbocycles. The fourth-order valence-electron chi connectivity index (χ4n) is 4.54. The summed E-state index contributed by atoms with van der Waals surface area (Å²) >= 11 is 0. The van der Waals surface area contributed by atoms with E-state index in [2.05, 4.69) is 21.3 Å². The van der Waals surface area contributed by atoms with Gasteiger partial charge in [0.05, 0.1) is 30.9 Å². The van der Waals surface area contributed by atoms with Gasteiger partial charge in [0.1, 0.15) is 18.2 Å². The molecule has 12 heteroatoms. The van der Waals surface area contributed by atoms with Crippen LogP contribution in [0.1, 0.15) is 45.7 Å². The quantitative estimate of drug-likeness (QED) is 0.138. The van der Waals surface area contributed by atoms with Gasteiger partial charge < -0.3 is 46.1 Å². The molecule has 0 saturated heterocycles. The molecule has 2 aromatic carbocycles. The summed E-state index contributed by atoms with van der Waals surface area (Å²) in [6.07, 6.45) is -2.95. The largest absolute Gasteiger partial charge is 0.447 e. The molecule has 0 aliphatic heterocycles. The zero-order chi connectivity index (χ0) is 33.4. The van der Waals surface area contributed by atoms with Crippen LogP contribution >= 0.6 is 0 Å². The van der Waals surface area contributed by atoms with Gasteiger partial charge in [-0.1, -0.05) is 74.5 Å². The molecule has 250 valence electrons. The van der Waals surface area contributed by atoms with Crippen molar-refractivity contribution in [2.45, 2.75) is 83.4 Å². The lowest BCUT2D eigenvalue weighted by Gasteiger charge is -2.30. The summed E-state index contributed by atoms with van der Waals surface area (Å²) in [6, 6.07) is 16.4. The summed E-state index contributed by atoms with van der Waals surface area (Å²) in [5.41, 5.74) is 1.08. The number of aliphatic hydroxyl groups excluding tert-OH is 3. The van der Waals surface area contributed by atoms with E-state index in [-0.39, 0.29) is 32.2 Å². The van der Waals surface area contributed by atoms with E-state index in [1.165, 1.54) is 0 Å². The van der Waals surface area contributed by atoms with Gasteiger partial charge in [-0.25, -0.2) is 9.59 Å². The third-order valence-electron chi connectivity index (χ3n) is 6.81. The molecule has 0 aliphatic carbocycles. The fourth-order valence-corrected chi connectivity index (χ4v) is 4.54. The summed E-state index contributed by atoms with van der Waals surface area (Å²) in [7, 11) is 0. The summed E-state index contributed by atoms with van der Waals surface area (Å²) < 4.78 is 10.2. The van der Waals surface area contributed by atoms with E-state index in [0.29, 0.717) is 12.8 Å². The molecule has 2 rings (SSSR count). The first-order valence-corrected chi connectivity index (χ1v) is 15.3. The minimum absolute atomic E-state index is 0.0116. The highest BCUT2D eigenvalue weighted by atomic mass is 16.6. The van der Waals surface area contributed by atoms with Gasteiger partial charge in [0, 0.05) is 13.1 Å². The van der Waals surface area contributed by atoms with Crippen molar-refractivity contribution in [1.29, 1.82) is 0 Å². The predicted octanol–water partition coefficient (Wildman–Crippen LogP) is 1.90. The van der Waals surface area contributed by atoms with Crippen molar-refractivity contribution in [3.05, 3.63) is 71.8 Å². The Hall–Kier alpha value is -3.71. The fraction of sp³-hybridized carbons (Fsp3) is 0.545. The van der Waals surface area contributed by atoms with Crippen molar-refractivity contribution in [3.63, 3.8) is 0 Å². The summed E-state index contributed by atoms with van der Waals surface area (Å²) in [5, 5.41) is 42.4. The SMILES string of the molecule is CC(C)[C@H](NC(=O)OCCO)C(=O)N[C@@H](Cc1ccccc1)[C@H](O)CNC[C@@H](O)[C@H](Cc1ccccc1)NC(=O)OC(C)(C)C. The van der Waals surface area contributed by atoms with E-state index < -0.39 is 54.0 Å². The highest BCUT2D eigenvalue weighted by molar-refractivity contribution is 5.86. The standard InChI is InChI=1S/C33H50N4O8/c1-22(2)29(37-31(42)44-17-16-38)30(41)35-25(18-23-12-8-6-9-13-23)27(39)20-34-21-28(40)26(19-24-14-10-7-11-15-24)36-32(43)45-33(3,4)5/h6-15,22,25-29,34,38-40H,16-21H2,1-5H3,(H,35,41)(H,36,43)(H,37,42)/t25-,26-,27+,28+,29-/m0/s1. The van der Waals surface area contributed by atoms with Gasteiger partial charge in [-0.15, -0.1) is 0 Å². The second-order valence-electron chi connectivity index (χ2n) is 12.3. The van der Waals surface area contributed by atoms with Crippen molar-refractivity contribution in [2.75, 3.05) is 26.3 Å². The minimum atomic E-state index is -1.08. The van der Waals surface area contributed by atoms with E-state index in [1.54, 1.807) is 34.6 Å². The lowest BCUT2D eigenvalue weighted by Crippen LogP contribution is -2.57. The number of benzene rings is 2. The number of carbonyl (C=O) groups excluding carboxylic acids is 3. The highest BCUT2D eigenvalue weighted by Crippen LogP contribution is 2.12. The molecular weight excluding hydrogens is 580 g/mol. The number of carbonyl (C=O) groups is 3. The number of rotatable bonds is 17. The number of ether oxygens (including phenoxy) is 2. The Labute approximate surface area is 265 Å². The molecule has 0 bridgehead atoms. The van der Waals surface area contributed by atoms with E-state index >= 15 is 0 Å². The van der Waals surface area contributed by atoms with Crippen molar-refractivity contribution in [2.24, 2.45) is 5.92 Å². The maximum Gasteiger partial charge on any atom is 0.407 e. The Morgan fingerprint density at radius 3 is 1.69 bits per heavy atom. The van der Waals surface area contributed by atoms with Crippen molar-refractivity contribution >= 4 is 18.1 Å². The summed E-state index contributed by atoms with van der Waals surface area (Å²) in [4.78, 5) is 37.9. The Kier molecular flexibility index (Phi) is 15.8. The molecule has 7 N–H and O–H groups in total. The van der Waals surface area contributed by atoms with Crippen LogP contribution in [0.4, 0.5) is 9.59 Å². The maximum atomic E-state index is 13.3. The van der Waals surface area contributed by atoms with Crippen LogP contribution in [0.3, 0.4) is 0 Å². The molecule has 45 heavy (non-hydrogen) atoms. The van der Waals surface area contributed by atoms with Crippen LogP contribution in [0, 0.1) is 5.92 Å². The van der Waals surface area contributed by atoms with E-state index in [9.17, 15) is 24.6 Å². The molecule has 2 aromatic rings. The summed E-state index contributed by atoms with van der Waals surface area (Å²) in [6.45, 7) is 8.29. The zero-order valence-electron chi connectivity index (χ0n) is 26.9. The normalized spacial score (nSPS) is 14.9. The number of alkyl carbamates (subject to hydrolysis) is 2. The molecule has 3 amide bonds. The smallest absolute Gasteiger partial charge is 0.407 e. The lowest BCUT2D eigenvalue weighted by atomic mass is 9.98. The molecule has 0 aliphatic rings. The van der Waals surface area contributed by atoms with E-state index in [4.69, 9.17) is 14.6 Å². The Morgan fingerprint density at radius 1 is 0.756 bits per heavy atom. The van der Waals surface area contributed by atoms with Crippen molar-refractivity contribution in [1.82, 2.24) is 21.3 Å². The number of hydrogen-bond acceptors (Lipinski definition) is 9. The van der Waals surface area contributed by atoms with Crippen LogP contribution in [0.2, 0.25) is 0 Å². The molecule has 0 heterocycles. The van der Waals surface area contributed by atoms with Gasteiger partial charge in [0.25, 0.3) is 0 Å². The number of aliphatic hydroxyl groups is 3. The Bertz CT molecular complexity index is 1160. The Balaban J connectivity index is 2.10. The average molecular weight is 631 g/mol. The van der Waals surface area contributed by atoms with E-state index in [0.717, 1.165) is 11.1 Å². The van der Waals surface area contributed by atoms with Gasteiger partial charge in [-0.2, -0.15) is 0 Å². The average Bonchev–Trinajstić information content (AvgIpc) is 2.97. The molecular formula is C33H50N4O8. The van der Waals surface area contributed by atoms with Gasteiger partial charge in [-0.05, 0) is 50.7 Å². The van der Waals surface area contributed by atoms with Gasteiger partial charge in [0.2, 0.25) is 5.91 Å². The van der Waals surface area contributed by atoms with Crippen LogP contribution < -0.4 is 21.3 Å². The molecule has 0 spiro atoms.